The predicted octanol–water partition coefficient (Wildman–Crippen LogP) is 4.68. The fourth-order valence-corrected chi connectivity index (χ4v) is 7.67. The second kappa shape index (κ2) is 25.5. The van der Waals surface area contributed by atoms with Gasteiger partial charge in [0.25, 0.3) is 23.6 Å². The van der Waals surface area contributed by atoms with Crippen LogP contribution in [0.25, 0.3) is 0 Å². The number of esters is 4. The summed E-state index contributed by atoms with van der Waals surface area (Å²) in [6, 6.07) is 12.8. The van der Waals surface area contributed by atoms with Crippen molar-refractivity contribution in [1.82, 2.24) is 19.6 Å². The number of carbonyl (C=O) groups excluding carboxylic acids is 8. The van der Waals surface area contributed by atoms with Gasteiger partial charge in [-0.3, -0.25) is 19.2 Å². The number of nitrogens with zero attached hydrogens (tertiary/aromatic N) is 4. The second-order valence-corrected chi connectivity index (χ2v) is 16.4. The molecular formula is C48H68N4O12. The number of cyclic esters (lactones) is 4. The van der Waals surface area contributed by atoms with Crippen molar-refractivity contribution in [3.05, 3.63) is 71.8 Å². The summed E-state index contributed by atoms with van der Waals surface area (Å²) in [7, 11) is 5.52. The van der Waals surface area contributed by atoms with Crippen LogP contribution in [0.2, 0.25) is 0 Å². The molecule has 1 heterocycles. The lowest BCUT2D eigenvalue weighted by atomic mass is 10.0. The van der Waals surface area contributed by atoms with Crippen LogP contribution >= 0.6 is 0 Å². The molecule has 64 heavy (non-hydrogen) atoms. The van der Waals surface area contributed by atoms with Crippen molar-refractivity contribution in [3.8, 4) is 0 Å². The van der Waals surface area contributed by atoms with Crippen molar-refractivity contribution in [3.63, 3.8) is 0 Å². The number of carbonyl (C=O) groups is 8. The van der Waals surface area contributed by atoms with E-state index < -0.39 is 96.1 Å². The highest BCUT2D eigenvalue weighted by Crippen LogP contribution is 2.22. The Bertz CT molecular complexity index is 1750. The Morgan fingerprint density at radius 2 is 0.641 bits per heavy atom. The van der Waals surface area contributed by atoms with Gasteiger partial charge in [0, 0.05) is 41.0 Å². The van der Waals surface area contributed by atoms with E-state index in [-0.39, 0.29) is 38.5 Å². The first-order chi connectivity index (χ1) is 30.4. The van der Waals surface area contributed by atoms with E-state index in [4.69, 9.17) is 18.9 Å². The molecule has 1 aliphatic rings. The van der Waals surface area contributed by atoms with E-state index in [1.54, 1.807) is 88.4 Å². The van der Waals surface area contributed by atoms with Crippen LogP contribution < -0.4 is 0 Å². The molecule has 16 nitrogen and oxygen atoms in total. The summed E-state index contributed by atoms with van der Waals surface area (Å²) < 4.78 is 23.4. The standard InChI is InChI=1S/C48H68N4O12/c1-11-21-35-45(57)61-31(5)41(53)49(7)38(24-14-4)48(60)64-40(30-34-27-19-16-20-28-34)44(56)52(10)36(22-12-2)46(58)62-32(6)42(54)50(8)37(23-13-3)47(59)63-39(43(55)51(35)9)29-33-25-17-15-18-26-33/h15-20,25-28,31-32,35-40H,11-14,21-24,29-30H2,1-10H3/t31-,32+,35-,36-,37-,38-,39+,40+/m0/s1. The van der Waals surface area contributed by atoms with Crippen LogP contribution in [0.5, 0.6) is 0 Å². The number of hydrogen-bond acceptors (Lipinski definition) is 12. The van der Waals surface area contributed by atoms with Crippen LogP contribution in [0.1, 0.15) is 104 Å². The van der Waals surface area contributed by atoms with Gasteiger partial charge in [-0.05, 0) is 50.7 Å². The molecule has 2 aromatic carbocycles. The molecular weight excluding hydrogens is 825 g/mol. The molecule has 1 saturated heterocycles. The van der Waals surface area contributed by atoms with Crippen LogP contribution in [0.15, 0.2) is 60.7 Å². The van der Waals surface area contributed by atoms with Gasteiger partial charge in [-0.15, -0.1) is 0 Å². The Balaban J connectivity index is 2.17. The molecule has 0 saturated carbocycles. The first-order valence-corrected chi connectivity index (χ1v) is 22.4. The van der Waals surface area contributed by atoms with Crippen molar-refractivity contribution in [1.29, 1.82) is 0 Å². The molecule has 16 heteroatoms. The van der Waals surface area contributed by atoms with Gasteiger partial charge in [-0.25, -0.2) is 19.2 Å². The summed E-state index contributed by atoms with van der Waals surface area (Å²) >= 11 is 0. The van der Waals surface area contributed by atoms with Gasteiger partial charge < -0.3 is 38.5 Å². The van der Waals surface area contributed by atoms with Crippen molar-refractivity contribution in [2.45, 2.75) is 154 Å². The molecule has 1 aliphatic heterocycles. The lowest BCUT2D eigenvalue weighted by molar-refractivity contribution is -0.176. The van der Waals surface area contributed by atoms with Crippen molar-refractivity contribution < 1.29 is 57.3 Å². The third-order valence-corrected chi connectivity index (χ3v) is 11.5. The fraction of sp³-hybridized carbons (Fsp3) is 0.583. The minimum atomic E-state index is -1.45. The van der Waals surface area contributed by atoms with Gasteiger partial charge in [0.15, 0.2) is 24.4 Å². The molecule has 0 bridgehead atoms. The molecule has 8 atom stereocenters. The van der Waals surface area contributed by atoms with Crippen LogP contribution in [0, 0.1) is 0 Å². The number of amides is 4. The molecule has 352 valence electrons. The molecule has 3 rings (SSSR count). The second-order valence-electron chi connectivity index (χ2n) is 16.4. The molecule has 0 aromatic heterocycles. The summed E-state index contributed by atoms with van der Waals surface area (Å²) in [5.74, 6) is -6.47. The molecule has 0 radical (unpaired) electrons. The zero-order chi connectivity index (χ0) is 47.7. The predicted molar refractivity (Wildman–Crippen MR) is 237 cm³/mol. The highest BCUT2D eigenvalue weighted by atomic mass is 16.6. The monoisotopic (exact) mass is 892 g/mol. The van der Waals surface area contributed by atoms with Gasteiger partial charge in [-0.2, -0.15) is 0 Å². The highest BCUT2D eigenvalue weighted by Gasteiger charge is 2.42. The summed E-state index contributed by atoms with van der Waals surface area (Å²) in [6.07, 6.45) is -3.64. The molecule has 4 amide bonds. The lowest BCUT2D eigenvalue weighted by Crippen LogP contribution is -2.54. The number of rotatable bonds is 12. The minimum absolute atomic E-state index is 0.0694. The quantitative estimate of drug-likeness (QED) is 0.212. The zero-order valence-corrected chi connectivity index (χ0v) is 39.2. The Labute approximate surface area is 377 Å². The van der Waals surface area contributed by atoms with Gasteiger partial charge in [0.2, 0.25) is 0 Å². The maximum absolute atomic E-state index is 14.4. The van der Waals surface area contributed by atoms with Crippen LogP contribution in [-0.2, 0) is 70.1 Å². The SMILES string of the molecule is CCC[C@H]1C(=O)O[C@H](Cc2ccccc2)C(=O)N(C)[C@@H](CCC)C(=O)O[C@H](C)C(=O)N(C)[C@@H](CCC)C(=O)O[C@H](Cc2ccccc2)C(=O)N(C)[C@@H](CCC)C(=O)O[C@@H](C)C(=O)N1C. The van der Waals surface area contributed by atoms with E-state index in [9.17, 15) is 38.4 Å². The van der Waals surface area contributed by atoms with Gasteiger partial charge in [0.1, 0.15) is 24.2 Å². The van der Waals surface area contributed by atoms with E-state index >= 15 is 0 Å². The van der Waals surface area contributed by atoms with E-state index in [1.165, 1.54) is 42.0 Å². The Kier molecular flexibility index (Phi) is 20.9. The maximum atomic E-state index is 14.4. The molecule has 2 aromatic rings. The highest BCUT2D eigenvalue weighted by molar-refractivity contribution is 5.94. The van der Waals surface area contributed by atoms with E-state index in [2.05, 4.69) is 0 Å². The smallest absolute Gasteiger partial charge is 0.329 e. The minimum Gasteiger partial charge on any atom is -0.451 e. The molecule has 0 N–H and O–H groups in total. The van der Waals surface area contributed by atoms with E-state index in [1.807, 2.05) is 0 Å². The van der Waals surface area contributed by atoms with Crippen LogP contribution in [0.3, 0.4) is 0 Å². The molecule has 1 fully saturated rings. The van der Waals surface area contributed by atoms with E-state index in [0.717, 1.165) is 19.6 Å². The zero-order valence-electron chi connectivity index (χ0n) is 39.2. The van der Waals surface area contributed by atoms with Crippen LogP contribution in [0.4, 0.5) is 0 Å². The van der Waals surface area contributed by atoms with Crippen molar-refractivity contribution in [2.75, 3.05) is 28.2 Å². The van der Waals surface area contributed by atoms with Crippen LogP contribution in [-0.4, -0.2) is 144 Å². The maximum Gasteiger partial charge on any atom is 0.329 e. The van der Waals surface area contributed by atoms with E-state index in [0.29, 0.717) is 36.8 Å². The molecule has 0 aliphatic carbocycles. The third-order valence-electron chi connectivity index (χ3n) is 11.5. The van der Waals surface area contributed by atoms with Gasteiger partial charge in [-0.1, -0.05) is 114 Å². The molecule has 0 spiro atoms. The number of ether oxygens (including phenoxy) is 4. The average molecular weight is 893 g/mol. The number of likely N-dealkylation sites (N-methyl/N-ethyl adjacent to an activating group) is 4. The topological polar surface area (TPSA) is 186 Å². The van der Waals surface area contributed by atoms with Gasteiger partial charge >= 0.3 is 23.9 Å². The van der Waals surface area contributed by atoms with Crippen molar-refractivity contribution in [2.24, 2.45) is 0 Å². The Hall–Kier alpha value is -5.80. The van der Waals surface area contributed by atoms with Gasteiger partial charge in [0.05, 0.1) is 0 Å². The molecule has 0 unspecified atom stereocenters. The fourth-order valence-electron chi connectivity index (χ4n) is 7.67. The first-order valence-electron chi connectivity index (χ1n) is 22.4. The average Bonchev–Trinajstić information content (AvgIpc) is 3.28. The number of hydrogen-bond donors (Lipinski definition) is 0. The van der Waals surface area contributed by atoms with Crippen molar-refractivity contribution >= 4 is 47.5 Å². The number of benzene rings is 2. The summed E-state index contributed by atoms with van der Waals surface area (Å²) in [4.78, 5) is 117. The summed E-state index contributed by atoms with van der Waals surface area (Å²) in [5.41, 5.74) is 1.31. The normalized spacial score (nSPS) is 25.7. The largest absolute Gasteiger partial charge is 0.451 e. The third kappa shape index (κ3) is 14.1. The lowest BCUT2D eigenvalue weighted by Gasteiger charge is -2.34. The first kappa shape index (κ1) is 52.5. The summed E-state index contributed by atoms with van der Waals surface area (Å²) in [5, 5.41) is 0. The Morgan fingerprint density at radius 3 is 0.906 bits per heavy atom. The summed E-state index contributed by atoms with van der Waals surface area (Å²) in [6.45, 7) is 9.94. The Morgan fingerprint density at radius 1 is 0.391 bits per heavy atom.